The van der Waals surface area contributed by atoms with Crippen LogP contribution in [0.15, 0.2) is 79.0 Å². The highest BCUT2D eigenvalue weighted by molar-refractivity contribution is 7.80. The lowest BCUT2D eigenvalue weighted by molar-refractivity contribution is 0.310. The second-order valence-corrected chi connectivity index (χ2v) is 9.58. The Balaban J connectivity index is 1.64. The first kappa shape index (κ1) is 22.6. The van der Waals surface area contributed by atoms with Gasteiger partial charge in [0.1, 0.15) is 0 Å². The van der Waals surface area contributed by atoms with Crippen molar-refractivity contribution in [1.82, 2.24) is 19.8 Å². The van der Waals surface area contributed by atoms with Crippen molar-refractivity contribution < 1.29 is 0 Å². The molecule has 3 heterocycles. The van der Waals surface area contributed by atoms with E-state index in [1.165, 1.54) is 16.8 Å². The Kier molecular flexibility index (Phi) is 6.15. The molecule has 0 radical (unpaired) electrons. The van der Waals surface area contributed by atoms with E-state index in [1.54, 1.807) is 0 Å². The molecule has 4 nitrogen and oxygen atoms in total. The zero-order chi connectivity index (χ0) is 23.8. The number of aryl methyl sites for hydroxylation is 1. The molecule has 1 aliphatic heterocycles. The van der Waals surface area contributed by atoms with Crippen molar-refractivity contribution in [3.63, 3.8) is 0 Å². The molecule has 2 atom stereocenters. The molecule has 0 saturated carbocycles. The Morgan fingerprint density at radius 2 is 1.74 bits per heavy atom. The predicted octanol–water partition coefficient (Wildman–Crippen LogP) is 6.62. The summed E-state index contributed by atoms with van der Waals surface area (Å²) in [6.45, 7) is 7.12. The van der Waals surface area contributed by atoms with Gasteiger partial charge in [0, 0.05) is 34.8 Å². The first-order valence-electron chi connectivity index (χ1n) is 11.4. The molecule has 5 rings (SSSR count). The molecular weight excluding hydrogens is 460 g/mol. The summed E-state index contributed by atoms with van der Waals surface area (Å²) in [6, 6.07) is 24.8. The summed E-state index contributed by atoms with van der Waals surface area (Å²) < 4.78 is 2.30. The van der Waals surface area contributed by atoms with Crippen molar-refractivity contribution in [1.29, 1.82) is 0 Å². The Hall–Kier alpha value is -3.15. The van der Waals surface area contributed by atoms with E-state index in [0.717, 1.165) is 39.3 Å². The summed E-state index contributed by atoms with van der Waals surface area (Å²) in [6.07, 6.45) is 1.84. The molecule has 0 spiro atoms. The quantitative estimate of drug-likeness (QED) is 0.321. The van der Waals surface area contributed by atoms with Gasteiger partial charge < -0.3 is 14.8 Å². The van der Waals surface area contributed by atoms with E-state index in [-0.39, 0.29) is 12.1 Å². The largest absolute Gasteiger partial charge is 0.352 e. The monoisotopic (exact) mass is 486 g/mol. The maximum absolute atomic E-state index is 6.48. The molecule has 4 aromatic rings. The normalized spacial score (nSPS) is 17.8. The van der Waals surface area contributed by atoms with Crippen LogP contribution in [0.5, 0.6) is 0 Å². The van der Waals surface area contributed by atoms with Gasteiger partial charge in [-0.3, -0.25) is 4.98 Å². The van der Waals surface area contributed by atoms with E-state index >= 15 is 0 Å². The van der Waals surface area contributed by atoms with Gasteiger partial charge in [-0.2, -0.15) is 0 Å². The van der Waals surface area contributed by atoms with Gasteiger partial charge in [-0.1, -0.05) is 54.1 Å². The molecule has 0 amide bonds. The second kappa shape index (κ2) is 9.24. The molecule has 2 aromatic heterocycles. The minimum absolute atomic E-state index is 0.00189. The summed E-state index contributed by atoms with van der Waals surface area (Å²) in [5.41, 5.74) is 7.95. The fourth-order valence-electron chi connectivity index (χ4n) is 4.99. The first-order chi connectivity index (χ1) is 16.5. The summed E-state index contributed by atoms with van der Waals surface area (Å²) in [5, 5.41) is 5.08. The minimum atomic E-state index is -0.0492. The van der Waals surface area contributed by atoms with Crippen molar-refractivity contribution >= 4 is 28.9 Å². The predicted molar refractivity (Wildman–Crippen MR) is 142 cm³/mol. The van der Waals surface area contributed by atoms with E-state index in [4.69, 9.17) is 23.8 Å². The summed E-state index contributed by atoms with van der Waals surface area (Å²) >= 11 is 12.4. The minimum Gasteiger partial charge on any atom is -0.352 e. The number of pyridine rings is 1. The third kappa shape index (κ3) is 3.99. The van der Waals surface area contributed by atoms with E-state index in [0.29, 0.717) is 0 Å². The zero-order valence-corrected chi connectivity index (χ0v) is 21.1. The van der Waals surface area contributed by atoms with Gasteiger partial charge in [0.2, 0.25) is 0 Å². The van der Waals surface area contributed by atoms with Crippen LogP contribution in [0.4, 0.5) is 0 Å². The topological polar surface area (TPSA) is 33.1 Å². The lowest BCUT2D eigenvalue weighted by Gasteiger charge is -2.28. The van der Waals surface area contributed by atoms with Crippen molar-refractivity contribution in [3.05, 3.63) is 118 Å². The molecule has 1 N–H and O–H groups in total. The van der Waals surface area contributed by atoms with Crippen LogP contribution in [0, 0.1) is 20.8 Å². The smallest absolute Gasteiger partial charge is 0.170 e. The highest BCUT2D eigenvalue weighted by Gasteiger charge is 2.41. The first-order valence-corrected chi connectivity index (χ1v) is 12.2. The van der Waals surface area contributed by atoms with E-state index in [2.05, 4.69) is 83.0 Å². The average molecular weight is 487 g/mol. The number of thiocarbonyl (C=S) groups is 1. The molecule has 1 fully saturated rings. The maximum atomic E-state index is 6.48. The van der Waals surface area contributed by atoms with E-state index in [1.807, 2.05) is 36.5 Å². The van der Waals surface area contributed by atoms with Crippen LogP contribution in [-0.2, 0) is 6.54 Å². The number of halogens is 1. The number of hydrogen-bond acceptors (Lipinski definition) is 2. The summed E-state index contributed by atoms with van der Waals surface area (Å²) in [5.74, 6) is 0. The van der Waals surface area contributed by atoms with Gasteiger partial charge >= 0.3 is 0 Å². The van der Waals surface area contributed by atoms with Gasteiger partial charge in [-0.15, -0.1) is 0 Å². The molecule has 0 bridgehead atoms. The number of nitrogens with one attached hydrogen (secondary N) is 1. The van der Waals surface area contributed by atoms with Crippen molar-refractivity contribution in [3.8, 4) is 5.69 Å². The van der Waals surface area contributed by atoms with Gasteiger partial charge in [-0.25, -0.2) is 0 Å². The lowest BCUT2D eigenvalue weighted by Crippen LogP contribution is -2.29. The lowest BCUT2D eigenvalue weighted by atomic mass is 9.96. The fourth-order valence-corrected chi connectivity index (χ4v) is 5.47. The molecule has 2 aromatic carbocycles. The van der Waals surface area contributed by atoms with Gasteiger partial charge in [0.15, 0.2) is 5.11 Å². The second-order valence-electron chi connectivity index (χ2n) is 8.79. The molecule has 1 saturated heterocycles. The Bertz CT molecular complexity index is 1330. The molecule has 172 valence electrons. The Labute approximate surface area is 211 Å². The van der Waals surface area contributed by atoms with Crippen LogP contribution < -0.4 is 5.32 Å². The number of aromatic nitrogens is 2. The molecule has 0 aliphatic carbocycles. The fraction of sp³-hybridized carbons (Fsp3) is 0.214. The SMILES string of the molecule is Cc1c(Cl)cccc1-n1c(C)cc([C@H]2[C@H](c3ccccn3)NC(=S)N2Cc2ccccc2)c1C. The van der Waals surface area contributed by atoms with Crippen LogP contribution in [-0.4, -0.2) is 19.6 Å². The molecule has 6 heteroatoms. The van der Waals surface area contributed by atoms with Crippen LogP contribution in [0.3, 0.4) is 0 Å². The van der Waals surface area contributed by atoms with Crippen LogP contribution in [0.25, 0.3) is 5.69 Å². The van der Waals surface area contributed by atoms with Crippen LogP contribution in [0.1, 0.15) is 45.9 Å². The molecular formula is C28H27ClN4S. The standard InChI is InChI=1S/C28H27ClN4S/c1-18-16-22(20(3)33(18)25-14-9-12-23(29)19(25)2)27-26(24-13-7-8-15-30-24)31-28(34)32(27)17-21-10-5-4-6-11-21/h4-16,26-27H,17H2,1-3H3,(H,31,34)/t26-,27-/m0/s1. The van der Waals surface area contributed by atoms with Crippen LogP contribution >= 0.6 is 23.8 Å². The number of benzene rings is 2. The highest BCUT2D eigenvalue weighted by atomic mass is 35.5. The Morgan fingerprint density at radius 1 is 0.971 bits per heavy atom. The van der Waals surface area contributed by atoms with Gasteiger partial charge in [-0.05, 0) is 80.0 Å². The van der Waals surface area contributed by atoms with Gasteiger partial charge in [0.25, 0.3) is 0 Å². The Morgan fingerprint density at radius 3 is 2.47 bits per heavy atom. The molecule has 1 aliphatic rings. The maximum Gasteiger partial charge on any atom is 0.170 e. The van der Waals surface area contributed by atoms with E-state index < -0.39 is 0 Å². The number of hydrogen-bond donors (Lipinski definition) is 1. The third-order valence-electron chi connectivity index (χ3n) is 6.66. The average Bonchev–Trinajstić information content (AvgIpc) is 3.32. The van der Waals surface area contributed by atoms with Crippen molar-refractivity contribution in [2.75, 3.05) is 0 Å². The van der Waals surface area contributed by atoms with Crippen molar-refractivity contribution in [2.24, 2.45) is 0 Å². The van der Waals surface area contributed by atoms with E-state index in [9.17, 15) is 0 Å². The summed E-state index contributed by atoms with van der Waals surface area (Å²) in [4.78, 5) is 6.97. The molecule has 34 heavy (non-hydrogen) atoms. The third-order valence-corrected chi connectivity index (χ3v) is 7.42. The summed E-state index contributed by atoms with van der Waals surface area (Å²) in [7, 11) is 0. The number of rotatable bonds is 5. The van der Waals surface area contributed by atoms with Crippen LogP contribution in [0.2, 0.25) is 5.02 Å². The number of nitrogens with zero attached hydrogens (tertiary/aromatic N) is 3. The highest BCUT2D eigenvalue weighted by Crippen LogP contribution is 2.42. The zero-order valence-electron chi connectivity index (χ0n) is 19.5. The van der Waals surface area contributed by atoms with Gasteiger partial charge in [0.05, 0.1) is 17.8 Å². The van der Waals surface area contributed by atoms with Crippen molar-refractivity contribution in [2.45, 2.75) is 39.4 Å². The molecule has 0 unspecified atom stereocenters.